The van der Waals surface area contributed by atoms with Crippen LogP contribution in [0.25, 0.3) is 0 Å². The van der Waals surface area contributed by atoms with Crippen molar-refractivity contribution in [1.82, 2.24) is 15.1 Å². The molecule has 0 amide bonds. The first kappa shape index (κ1) is 14.1. The third-order valence-corrected chi connectivity index (χ3v) is 6.32. The molecule has 2 aliphatic heterocycles. The number of fused-ring (bicyclic) bond motifs is 1. The number of hydrogen-bond donors (Lipinski definition) is 0. The maximum atomic E-state index is 5.92. The van der Waals surface area contributed by atoms with Gasteiger partial charge in [-0.2, -0.15) is 0 Å². The van der Waals surface area contributed by atoms with Crippen molar-refractivity contribution < 1.29 is 9.15 Å². The molecule has 1 aliphatic carbocycles. The quantitative estimate of drug-likeness (QED) is 0.843. The van der Waals surface area contributed by atoms with Crippen LogP contribution in [-0.4, -0.2) is 41.4 Å². The molecule has 4 heterocycles. The van der Waals surface area contributed by atoms with Gasteiger partial charge in [0.05, 0.1) is 13.2 Å². The van der Waals surface area contributed by atoms with E-state index in [0.717, 1.165) is 51.1 Å². The SMILES string of the molecule is c1csc(CN2C[C@@H]3COC[C@]3(Cc3nnc(C4CC4)o3)C2)c1. The highest BCUT2D eigenvalue weighted by Gasteiger charge is 2.51. The molecule has 0 N–H and O–H groups in total. The van der Waals surface area contributed by atoms with Gasteiger partial charge < -0.3 is 9.15 Å². The number of rotatable bonds is 5. The van der Waals surface area contributed by atoms with Crippen LogP contribution in [0.2, 0.25) is 0 Å². The molecule has 2 atom stereocenters. The minimum Gasteiger partial charge on any atom is -0.425 e. The topological polar surface area (TPSA) is 51.4 Å². The van der Waals surface area contributed by atoms with Crippen molar-refractivity contribution in [2.45, 2.75) is 31.7 Å². The summed E-state index contributed by atoms with van der Waals surface area (Å²) in [7, 11) is 0. The number of nitrogens with zero attached hydrogens (tertiary/aromatic N) is 3. The van der Waals surface area contributed by atoms with Crippen LogP contribution in [0.5, 0.6) is 0 Å². The van der Waals surface area contributed by atoms with E-state index in [9.17, 15) is 0 Å². The highest BCUT2D eigenvalue weighted by Crippen LogP contribution is 2.45. The Kier molecular flexibility index (Phi) is 3.32. The molecule has 2 aromatic rings. The third-order valence-electron chi connectivity index (χ3n) is 5.46. The summed E-state index contributed by atoms with van der Waals surface area (Å²) in [4.78, 5) is 4.01. The Balaban J connectivity index is 1.32. The molecule has 3 aliphatic rings. The summed E-state index contributed by atoms with van der Waals surface area (Å²) < 4.78 is 11.7. The normalized spacial score (nSPS) is 30.9. The highest BCUT2D eigenvalue weighted by molar-refractivity contribution is 7.09. The van der Waals surface area contributed by atoms with E-state index in [1.54, 1.807) is 0 Å². The Morgan fingerprint density at radius 1 is 1.35 bits per heavy atom. The van der Waals surface area contributed by atoms with E-state index in [4.69, 9.17) is 9.15 Å². The van der Waals surface area contributed by atoms with Crippen molar-refractivity contribution in [1.29, 1.82) is 0 Å². The number of thiophene rings is 1. The van der Waals surface area contributed by atoms with Crippen LogP contribution >= 0.6 is 11.3 Å². The van der Waals surface area contributed by atoms with Crippen molar-refractivity contribution >= 4 is 11.3 Å². The lowest BCUT2D eigenvalue weighted by Crippen LogP contribution is -2.33. The Labute approximate surface area is 139 Å². The van der Waals surface area contributed by atoms with Crippen molar-refractivity contribution in [2.24, 2.45) is 11.3 Å². The van der Waals surface area contributed by atoms with Gasteiger partial charge in [-0.15, -0.1) is 21.5 Å². The molecule has 0 spiro atoms. The third kappa shape index (κ3) is 2.62. The smallest absolute Gasteiger partial charge is 0.219 e. The molecule has 5 nitrogen and oxygen atoms in total. The van der Waals surface area contributed by atoms with Gasteiger partial charge in [-0.25, -0.2) is 0 Å². The van der Waals surface area contributed by atoms with Gasteiger partial charge in [0.25, 0.3) is 0 Å². The summed E-state index contributed by atoms with van der Waals surface area (Å²) in [6.45, 7) is 4.91. The molecule has 0 bridgehead atoms. The van der Waals surface area contributed by atoms with E-state index < -0.39 is 0 Å². The second-order valence-corrected chi connectivity index (χ2v) is 8.34. The maximum absolute atomic E-state index is 5.92. The van der Waals surface area contributed by atoms with Gasteiger partial charge in [0.2, 0.25) is 11.8 Å². The molecule has 1 saturated carbocycles. The predicted octanol–water partition coefficient (Wildman–Crippen LogP) is 2.70. The molecular formula is C17H21N3O2S. The largest absolute Gasteiger partial charge is 0.425 e. The summed E-state index contributed by atoms with van der Waals surface area (Å²) in [6, 6.07) is 4.36. The van der Waals surface area contributed by atoms with Crippen LogP contribution in [0.15, 0.2) is 21.9 Å². The van der Waals surface area contributed by atoms with Crippen LogP contribution in [0, 0.1) is 11.3 Å². The van der Waals surface area contributed by atoms with Crippen LogP contribution < -0.4 is 0 Å². The van der Waals surface area contributed by atoms with Gasteiger partial charge in [-0.3, -0.25) is 4.90 Å². The highest BCUT2D eigenvalue weighted by atomic mass is 32.1. The molecule has 6 heteroatoms. The van der Waals surface area contributed by atoms with E-state index in [0.29, 0.717) is 11.8 Å². The zero-order chi connectivity index (χ0) is 15.3. The van der Waals surface area contributed by atoms with Gasteiger partial charge in [0, 0.05) is 48.2 Å². The molecule has 2 aromatic heterocycles. The fourth-order valence-electron chi connectivity index (χ4n) is 4.07. The van der Waals surface area contributed by atoms with Gasteiger partial charge in [-0.05, 0) is 24.3 Å². The summed E-state index contributed by atoms with van der Waals surface area (Å²) >= 11 is 1.84. The lowest BCUT2D eigenvalue weighted by molar-refractivity contribution is 0.123. The van der Waals surface area contributed by atoms with Crippen LogP contribution in [0.3, 0.4) is 0 Å². The Bertz CT molecular complexity index is 682. The number of likely N-dealkylation sites (tertiary alicyclic amines) is 1. The first-order valence-electron chi connectivity index (χ1n) is 8.45. The van der Waals surface area contributed by atoms with Crippen molar-refractivity contribution in [2.75, 3.05) is 26.3 Å². The Hall–Kier alpha value is -1.24. The van der Waals surface area contributed by atoms with E-state index in [-0.39, 0.29) is 5.41 Å². The standard InChI is InChI=1S/C17H21N3O2S/c1-2-14(23-5-1)8-20-7-13-9-21-11-17(13,10-20)6-15-18-19-16(22-15)12-3-4-12/h1-2,5,12-13H,3-4,6-11H2/t13-,17+/m1/s1. The molecule has 2 saturated heterocycles. The van der Waals surface area contributed by atoms with E-state index >= 15 is 0 Å². The number of ether oxygens (including phenoxy) is 1. The first-order valence-corrected chi connectivity index (χ1v) is 9.33. The molecular weight excluding hydrogens is 310 g/mol. The summed E-state index contributed by atoms with van der Waals surface area (Å²) in [6.07, 6.45) is 3.26. The predicted molar refractivity (Wildman–Crippen MR) is 86.3 cm³/mol. The van der Waals surface area contributed by atoms with E-state index in [1.165, 1.54) is 17.7 Å². The molecule has 5 rings (SSSR count). The zero-order valence-electron chi connectivity index (χ0n) is 13.1. The van der Waals surface area contributed by atoms with E-state index in [2.05, 4.69) is 32.6 Å². The molecule has 23 heavy (non-hydrogen) atoms. The van der Waals surface area contributed by atoms with Gasteiger partial charge in [0.1, 0.15) is 0 Å². The molecule has 122 valence electrons. The van der Waals surface area contributed by atoms with Crippen LogP contribution in [0.4, 0.5) is 0 Å². The van der Waals surface area contributed by atoms with Crippen LogP contribution in [-0.2, 0) is 17.7 Å². The number of hydrogen-bond acceptors (Lipinski definition) is 6. The second kappa shape index (κ2) is 5.40. The van der Waals surface area contributed by atoms with Crippen molar-refractivity contribution in [3.8, 4) is 0 Å². The summed E-state index contributed by atoms with van der Waals surface area (Å²) in [5.41, 5.74) is 0.157. The average Bonchev–Trinajstić information content (AvgIpc) is 2.92. The summed E-state index contributed by atoms with van der Waals surface area (Å²) in [5, 5.41) is 10.7. The first-order chi connectivity index (χ1) is 11.3. The van der Waals surface area contributed by atoms with Crippen molar-refractivity contribution in [3.05, 3.63) is 34.2 Å². The Morgan fingerprint density at radius 3 is 3.13 bits per heavy atom. The second-order valence-electron chi connectivity index (χ2n) is 7.31. The number of aromatic nitrogens is 2. The molecule has 0 aromatic carbocycles. The van der Waals surface area contributed by atoms with Gasteiger partial charge >= 0.3 is 0 Å². The maximum Gasteiger partial charge on any atom is 0.219 e. The van der Waals surface area contributed by atoms with Crippen molar-refractivity contribution in [3.63, 3.8) is 0 Å². The monoisotopic (exact) mass is 331 g/mol. The lowest BCUT2D eigenvalue weighted by Gasteiger charge is -2.25. The Morgan fingerprint density at radius 2 is 2.30 bits per heavy atom. The van der Waals surface area contributed by atoms with Crippen LogP contribution in [0.1, 0.15) is 35.4 Å². The molecule has 0 unspecified atom stereocenters. The lowest BCUT2D eigenvalue weighted by atomic mass is 9.78. The minimum atomic E-state index is 0.157. The zero-order valence-corrected chi connectivity index (χ0v) is 13.9. The summed E-state index contributed by atoms with van der Waals surface area (Å²) in [5.74, 6) is 2.77. The van der Waals surface area contributed by atoms with Gasteiger partial charge in [0.15, 0.2) is 0 Å². The molecule has 0 radical (unpaired) electrons. The van der Waals surface area contributed by atoms with E-state index in [1.807, 2.05) is 11.3 Å². The fraction of sp³-hybridized carbons (Fsp3) is 0.647. The average molecular weight is 331 g/mol. The van der Waals surface area contributed by atoms with Gasteiger partial charge in [-0.1, -0.05) is 6.07 Å². The fourth-order valence-corrected chi connectivity index (χ4v) is 4.82. The minimum absolute atomic E-state index is 0.157. The molecule has 3 fully saturated rings.